The van der Waals surface area contributed by atoms with Crippen LogP contribution in [0.5, 0.6) is 0 Å². The van der Waals surface area contributed by atoms with Gasteiger partial charge in [0.05, 0.1) is 0 Å². The quantitative estimate of drug-likeness (QED) is 0.908. The van der Waals surface area contributed by atoms with Gasteiger partial charge < -0.3 is 10.2 Å². The largest absolute Gasteiger partial charge is 0.326 e. The van der Waals surface area contributed by atoms with Crippen LogP contribution in [0, 0.1) is 0 Å². The zero-order valence-corrected chi connectivity index (χ0v) is 11.4. The normalized spacial score (nSPS) is 17.7. The number of carbonyl (C=O) groups excluding carboxylic acids is 1. The minimum atomic E-state index is 0.0664. The Morgan fingerprint density at radius 3 is 2.56 bits per heavy atom. The summed E-state index contributed by atoms with van der Waals surface area (Å²) in [5.41, 5.74) is 0.804. The maximum absolute atomic E-state index is 11.9. The Kier molecular flexibility index (Phi) is 4.61. The number of nitrogens with one attached hydrogen (secondary N) is 1. The molecule has 0 spiro atoms. The third-order valence-electron chi connectivity index (χ3n) is 3.37. The van der Waals surface area contributed by atoms with E-state index in [-0.39, 0.29) is 5.91 Å². The molecular formula is C14H19ClN2O. The highest BCUT2D eigenvalue weighted by Gasteiger charge is 2.20. The summed E-state index contributed by atoms with van der Waals surface area (Å²) in [7, 11) is 0. The molecule has 4 heteroatoms. The molecule has 1 heterocycles. The summed E-state index contributed by atoms with van der Waals surface area (Å²) in [6.07, 6.45) is 3.05. The van der Waals surface area contributed by atoms with Crippen LogP contribution in [0.4, 0.5) is 5.69 Å². The van der Waals surface area contributed by atoms with Crippen molar-refractivity contribution in [1.82, 2.24) is 4.90 Å². The lowest BCUT2D eigenvalue weighted by Crippen LogP contribution is -2.33. The topological polar surface area (TPSA) is 32.3 Å². The van der Waals surface area contributed by atoms with E-state index < -0.39 is 0 Å². The molecule has 1 fully saturated rings. The number of nitrogens with zero attached hydrogens (tertiary/aromatic N) is 1. The van der Waals surface area contributed by atoms with E-state index >= 15 is 0 Å². The number of likely N-dealkylation sites (tertiary alicyclic amines) is 1. The minimum absolute atomic E-state index is 0.0664. The van der Waals surface area contributed by atoms with E-state index in [1.807, 2.05) is 12.1 Å². The van der Waals surface area contributed by atoms with E-state index in [1.165, 1.54) is 12.8 Å². The smallest absolute Gasteiger partial charge is 0.225 e. The summed E-state index contributed by atoms with van der Waals surface area (Å²) in [5.74, 6) is 0.0664. The van der Waals surface area contributed by atoms with Gasteiger partial charge in [-0.2, -0.15) is 0 Å². The average Bonchev–Trinajstić information content (AvgIpc) is 2.85. The Labute approximate surface area is 113 Å². The summed E-state index contributed by atoms with van der Waals surface area (Å²) in [5, 5.41) is 3.58. The number of hydrogen-bond acceptors (Lipinski definition) is 2. The van der Waals surface area contributed by atoms with E-state index in [2.05, 4.69) is 17.1 Å². The summed E-state index contributed by atoms with van der Waals surface area (Å²) < 4.78 is 0. The van der Waals surface area contributed by atoms with Gasteiger partial charge in [0.15, 0.2) is 0 Å². The van der Waals surface area contributed by atoms with Crippen molar-refractivity contribution in [3.05, 3.63) is 29.3 Å². The summed E-state index contributed by atoms with van der Waals surface area (Å²) in [6.45, 7) is 4.36. The van der Waals surface area contributed by atoms with E-state index in [9.17, 15) is 4.79 Å². The van der Waals surface area contributed by atoms with E-state index in [4.69, 9.17) is 11.6 Å². The molecule has 3 nitrogen and oxygen atoms in total. The fourth-order valence-electron chi connectivity index (χ4n) is 2.33. The molecule has 1 saturated heterocycles. The lowest BCUT2D eigenvalue weighted by atomic mass is 10.2. The highest BCUT2D eigenvalue weighted by molar-refractivity contribution is 6.30. The summed E-state index contributed by atoms with van der Waals surface area (Å²) >= 11 is 5.80. The van der Waals surface area contributed by atoms with Gasteiger partial charge in [0.2, 0.25) is 5.91 Å². The minimum Gasteiger partial charge on any atom is -0.326 e. The van der Waals surface area contributed by atoms with Crippen molar-refractivity contribution in [3.8, 4) is 0 Å². The molecule has 0 radical (unpaired) electrons. The van der Waals surface area contributed by atoms with Gasteiger partial charge in [0.1, 0.15) is 0 Å². The SMILES string of the molecule is C[C@H](CC(=O)Nc1ccc(Cl)cc1)N1CCCC1. The van der Waals surface area contributed by atoms with Gasteiger partial charge in [-0.05, 0) is 57.1 Å². The maximum atomic E-state index is 11.9. The molecule has 0 bridgehead atoms. The molecule has 18 heavy (non-hydrogen) atoms. The number of anilines is 1. The third kappa shape index (κ3) is 3.72. The van der Waals surface area contributed by atoms with Gasteiger partial charge >= 0.3 is 0 Å². The molecule has 0 saturated carbocycles. The Morgan fingerprint density at radius 1 is 1.33 bits per heavy atom. The van der Waals surface area contributed by atoms with Crippen molar-refractivity contribution in [1.29, 1.82) is 0 Å². The second-order valence-electron chi connectivity index (χ2n) is 4.85. The van der Waals surface area contributed by atoms with Crippen LogP contribution < -0.4 is 5.32 Å². The first-order valence-electron chi connectivity index (χ1n) is 6.44. The average molecular weight is 267 g/mol. The van der Waals surface area contributed by atoms with Crippen molar-refractivity contribution in [2.24, 2.45) is 0 Å². The summed E-state index contributed by atoms with van der Waals surface area (Å²) in [6, 6.07) is 7.52. The van der Waals surface area contributed by atoms with Crippen molar-refractivity contribution >= 4 is 23.2 Å². The van der Waals surface area contributed by atoms with Crippen LogP contribution >= 0.6 is 11.6 Å². The van der Waals surface area contributed by atoms with E-state index in [1.54, 1.807) is 12.1 Å². The zero-order chi connectivity index (χ0) is 13.0. The number of amides is 1. The third-order valence-corrected chi connectivity index (χ3v) is 3.62. The molecular weight excluding hydrogens is 248 g/mol. The standard InChI is InChI=1S/C14H19ClN2O/c1-11(17-8-2-3-9-17)10-14(18)16-13-6-4-12(15)5-7-13/h4-7,11H,2-3,8-10H2,1H3,(H,16,18)/t11-/m1/s1. The Morgan fingerprint density at radius 2 is 1.94 bits per heavy atom. The Balaban J connectivity index is 1.82. The molecule has 1 N–H and O–H groups in total. The van der Waals surface area contributed by atoms with Gasteiger partial charge in [-0.25, -0.2) is 0 Å². The van der Waals surface area contributed by atoms with E-state index in [0.29, 0.717) is 17.5 Å². The first-order valence-corrected chi connectivity index (χ1v) is 6.82. The van der Waals surface area contributed by atoms with Crippen LogP contribution in [-0.4, -0.2) is 29.9 Å². The molecule has 0 aliphatic carbocycles. The van der Waals surface area contributed by atoms with Gasteiger partial charge in [-0.3, -0.25) is 4.79 Å². The molecule has 1 aromatic carbocycles. The Hall–Kier alpha value is -1.06. The molecule has 1 amide bonds. The molecule has 98 valence electrons. The first-order chi connectivity index (χ1) is 8.65. The fourth-order valence-corrected chi connectivity index (χ4v) is 2.45. The second-order valence-corrected chi connectivity index (χ2v) is 5.29. The summed E-state index contributed by atoms with van der Waals surface area (Å²) in [4.78, 5) is 14.3. The van der Waals surface area contributed by atoms with Gasteiger partial charge in [-0.1, -0.05) is 11.6 Å². The molecule has 1 aliphatic heterocycles. The molecule has 1 aromatic rings. The number of benzene rings is 1. The van der Waals surface area contributed by atoms with Crippen molar-refractivity contribution in [2.45, 2.75) is 32.2 Å². The number of carbonyl (C=O) groups is 1. The fraction of sp³-hybridized carbons (Fsp3) is 0.500. The Bertz CT molecular complexity index is 399. The van der Waals surface area contributed by atoms with Crippen LogP contribution in [0.25, 0.3) is 0 Å². The first kappa shape index (κ1) is 13.4. The number of hydrogen-bond donors (Lipinski definition) is 1. The van der Waals surface area contributed by atoms with Crippen molar-refractivity contribution in [3.63, 3.8) is 0 Å². The lowest BCUT2D eigenvalue weighted by Gasteiger charge is -2.23. The monoisotopic (exact) mass is 266 g/mol. The van der Waals surface area contributed by atoms with Crippen LogP contribution in [0.1, 0.15) is 26.2 Å². The maximum Gasteiger partial charge on any atom is 0.225 e. The zero-order valence-electron chi connectivity index (χ0n) is 10.7. The van der Waals surface area contributed by atoms with Crippen LogP contribution in [0.3, 0.4) is 0 Å². The number of halogens is 1. The van der Waals surface area contributed by atoms with Crippen molar-refractivity contribution < 1.29 is 4.79 Å². The molecule has 0 unspecified atom stereocenters. The van der Waals surface area contributed by atoms with Gasteiger partial charge in [0, 0.05) is 23.2 Å². The van der Waals surface area contributed by atoms with Crippen LogP contribution in [0.15, 0.2) is 24.3 Å². The molecule has 2 rings (SSSR count). The molecule has 1 atom stereocenters. The lowest BCUT2D eigenvalue weighted by molar-refractivity contribution is -0.117. The van der Waals surface area contributed by atoms with Crippen LogP contribution in [0.2, 0.25) is 5.02 Å². The van der Waals surface area contributed by atoms with Crippen LogP contribution in [-0.2, 0) is 4.79 Å². The molecule has 1 aliphatic rings. The predicted molar refractivity (Wildman–Crippen MR) is 75.0 cm³/mol. The van der Waals surface area contributed by atoms with E-state index in [0.717, 1.165) is 18.8 Å². The van der Waals surface area contributed by atoms with Gasteiger partial charge in [-0.15, -0.1) is 0 Å². The van der Waals surface area contributed by atoms with Gasteiger partial charge in [0.25, 0.3) is 0 Å². The highest BCUT2D eigenvalue weighted by atomic mass is 35.5. The van der Waals surface area contributed by atoms with Crippen molar-refractivity contribution in [2.75, 3.05) is 18.4 Å². The highest BCUT2D eigenvalue weighted by Crippen LogP contribution is 2.16. The molecule has 0 aromatic heterocycles. The predicted octanol–water partition coefficient (Wildman–Crippen LogP) is 3.15. The second kappa shape index (κ2) is 6.21. The number of rotatable bonds is 4.